The molecule has 1 amide bonds. The van der Waals surface area contributed by atoms with Crippen molar-refractivity contribution in [3.05, 3.63) is 89.7 Å². The highest BCUT2D eigenvalue weighted by atomic mass is 19.4. The molecule has 1 aliphatic rings. The Morgan fingerprint density at radius 3 is 2.64 bits per heavy atom. The summed E-state index contributed by atoms with van der Waals surface area (Å²) in [6.07, 6.45) is 0.429. The molecule has 3 aromatic rings. The zero-order valence-electron chi connectivity index (χ0n) is 19.9. The maximum absolute atomic E-state index is 13.4. The molecule has 9 heteroatoms. The van der Waals surface area contributed by atoms with E-state index in [1.165, 1.54) is 25.3 Å². The van der Waals surface area contributed by atoms with Gasteiger partial charge in [0.05, 0.1) is 19.6 Å². The predicted octanol–water partition coefficient (Wildman–Crippen LogP) is 5.05. The second-order valence-electron chi connectivity index (χ2n) is 8.63. The molecule has 190 valence electrons. The number of pyridine rings is 1. The number of likely N-dealkylation sites (tertiary alicyclic amines) is 1. The van der Waals surface area contributed by atoms with Crippen LogP contribution in [0.4, 0.5) is 13.2 Å². The topological polar surface area (TPSA) is 63.7 Å². The summed E-state index contributed by atoms with van der Waals surface area (Å²) in [6.45, 7) is 0.867. The number of methoxy groups -OCH3 is 1. The van der Waals surface area contributed by atoms with E-state index >= 15 is 0 Å². The van der Waals surface area contributed by atoms with Crippen LogP contribution in [-0.2, 0) is 17.8 Å². The quantitative estimate of drug-likeness (QED) is 0.470. The van der Waals surface area contributed by atoms with Crippen LogP contribution in [0.5, 0.6) is 11.5 Å². The third kappa shape index (κ3) is 6.54. The standard InChI is InChI=1S/C27H28F3N3O3/c1-35-24-12-11-22(36-27(28,29)30)16-21(24)18-32-23-10-6-14-33(26(23)20-8-3-2-4-9-20)25(34)15-19-7-5-13-31-17-19/h2-5,7-9,11-13,16-17,23,26,32H,6,10,14-15,18H2,1H3. The van der Waals surface area contributed by atoms with E-state index in [4.69, 9.17) is 4.74 Å². The van der Waals surface area contributed by atoms with Gasteiger partial charge in [-0.25, -0.2) is 0 Å². The van der Waals surface area contributed by atoms with E-state index in [-0.39, 0.29) is 36.7 Å². The zero-order chi connectivity index (χ0) is 25.5. The van der Waals surface area contributed by atoms with Gasteiger partial charge < -0.3 is 19.7 Å². The Hall–Kier alpha value is -3.59. The Balaban J connectivity index is 1.56. The summed E-state index contributed by atoms with van der Waals surface area (Å²) in [5.74, 6) is 0.145. The van der Waals surface area contributed by atoms with Crippen molar-refractivity contribution in [2.24, 2.45) is 0 Å². The first kappa shape index (κ1) is 25.5. The van der Waals surface area contributed by atoms with E-state index in [2.05, 4.69) is 15.0 Å². The molecule has 4 rings (SSSR count). The Bertz CT molecular complexity index is 1140. The van der Waals surface area contributed by atoms with Gasteiger partial charge in [0.15, 0.2) is 0 Å². The summed E-state index contributed by atoms with van der Waals surface area (Å²) in [6, 6.07) is 17.1. The van der Waals surface area contributed by atoms with Crippen LogP contribution in [0.25, 0.3) is 0 Å². The lowest BCUT2D eigenvalue weighted by Crippen LogP contribution is -2.50. The number of aromatic nitrogens is 1. The Morgan fingerprint density at radius 2 is 1.94 bits per heavy atom. The molecule has 0 spiro atoms. The van der Waals surface area contributed by atoms with Crippen LogP contribution in [-0.4, -0.2) is 41.8 Å². The van der Waals surface area contributed by atoms with Gasteiger partial charge in [0.1, 0.15) is 11.5 Å². The number of ether oxygens (including phenoxy) is 2. The van der Waals surface area contributed by atoms with Crippen LogP contribution >= 0.6 is 0 Å². The van der Waals surface area contributed by atoms with Gasteiger partial charge in [0.25, 0.3) is 0 Å². The van der Waals surface area contributed by atoms with E-state index in [0.29, 0.717) is 17.9 Å². The normalized spacial score (nSPS) is 18.1. The third-order valence-electron chi connectivity index (χ3n) is 6.21. The largest absolute Gasteiger partial charge is 0.573 e. The van der Waals surface area contributed by atoms with Crippen LogP contribution in [0, 0.1) is 0 Å². The predicted molar refractivity (Wildman–Crippen MR) is 128 cm³/mol. The highest BCUT2D eigenvalue weighted by Crippen LogP contribution is 2.33. The Kier molecular flexibility index (Phi) is 8.10. The fourth-order valence-electron chi connectivity index (χ4n) is 4.66. The number of hydrogen-bond donors (Lipinski definition) is 1. The number of amides is 1. The number of hydrogen-bond acceptors (Lipinski definition) is 5. The van der Waals surface area contributed by atoms with Gasteiger partial charge in [-0.05, 0) is 48.2 Å². The van der Waals surface area contributed by atoms with Crippen molar-refractivity contribution in [1.82, 2.24) is 15.2 Å². The number of benzene rings is 2. The molecule has 1 aromatic heterocycles. The minimum Gasteiger partial charge on any atom is -0.496 e. The van der Waals surface area contributed by atoms with Gasteiger partial charge >= 0.3 is 6.36 Å². The van der Waals surface area contributed by atoms with Crippen LogP contribution in [0.1, 0.15) is 35.6 Å². The minimum absolute atomic E-state index is 0.00140. The first-order valence-electron chi connectivity index (χ1n) is 11.7. The van der Waals surface area contributed by atoms with Gasteiger partial charge in [-0.1, -0.05) is 36.4 Å². The maximum Gasteiger partial charge on any atom is 0.573 e. The summed E-state index contributed by atoms with van der Waals surface area (Å²) in [7, 11) is 1.47. The van der Waals surface area contributed by atoms with Crippen LogP contribution in [0.3, 0.4) is 0 Å². The molecule has 2 aromatic carbocycles. The molecule has 1 N–H and O–H groups in total. The van der Waals surface area contributed by atoms with Crippen LogP contribution < -0.4 is 14.8 Å². The second kappa shape index (κ2) is 11.4. The number of halogens is 3. The second-order valence-corrected chi connectivity index (χ2v) is 8.63. The maximum atomic E-state index is 13.4. The Labute approximate surface area is 208 Å². The molecule has 0 bridgehead atoms. The van der Waals surface area contributed by atoms with E-state index in [9.17, 15) is 18.0 Å². The minimum atomic E-state index is -4.78. The van der Waals surface area contributed by atoms with E-state index < -0.39 is 6.36 Å². The summed E-state index contributed by atoms with van der Waals surface area (Å²) in [5, 5.41) is 3.48. The lowest BCUT2D eigenvalue weighted by atomic mass is 9.89. The highest BCUT2D eigenvalue weighted by Gasteiger charge is 2.35. The average Bonchev–Trinajstić information content (AvgIpc) is 2.87. The smallest absolute Gasteiger partial charge is 0.496 e. The Morgan fingerprint density at radius 1 is 1.14 bits per heavy atom. The number of carbonyl (C=O) groups excluding carboxylic acids is 1. The van der Waals surface area contributed by atoms with E-state index in [1.807, 2.05) is 47.4 Å². The first-order valence-corrected chi connectivity index (χ1v) is 11.7. The molecule has 0 saturated carbocycles. The average molecular weight is 500 g/mol. The fourth-order valence-corrected chi connectivity index (χ4v) is 4.66. The first-order chi connectivity index (χ1) is 17.3. The number of rotatable bonds is 8. The van der Waals surface area contributed by atoms with Crippen molar-refractivity contribution in [3.8, 4) is 11.5 Å². The number of nitrogens with one attached hydrogen (secondary N) is 1. The van der Waals surface area contributed by atoms with Crippen molar-refractivity contribution in [3.63, 3.8) is 0 Å². The molecule has 2 unspecified atom stereocenters. The molecule has 1 aliphatic heterocycles. The summed E-state index contributed by atoms with van der Waals surface area (Å²) in [4.78, 5) is 19.4. The summed E-state index contributed by atoms with van der Waals surface area (Å²) in [5.41, 5.74) is 2.37. The third-order valence-corrected chi connectivity index (χ3v) is 6.21. The van der Waals surface area contributed by atoms with Gasteiger partial charge in [-0.2, -0.15) is 0 Å². The number of carbonyl (C=O) groups is 1. The van der Waals surface area contributed by atoms with Gasteiger partial charge in [-0.3, -0.25) is 9.78 Å². The number of piperidine rings is 1. The van der Waals surface area contributed by atoms with Crippen LogP contribution in [0.15, 0.2) is 73.1 Å². The molecule has 2 atom stereocenters. The summed E-state index contributed by atoms with van der Waals surface area (Å²) >= 11 is 0. The van der Waals surface area contributed by atoms with Crippen molar-refractivity contribution in [2.75, 3.05) is 13.7 Å². The van der Waals surface area contributed by atoms with Crippen molar-refractivity contribution < 1.29 is 27.4 Å². The molecular formula is C27H28F3N3O3. The molecule has 1 saturated heterocycles. The molecule has 1 fully saturated rings. The summed E-state index contributed by atoms with van der Waals surface area (Å²) < 4.78 is 47.7. The van der Waals surface area contributed by atoms with E-state index in [1.54, 1.807) is 12.4 Å². The molecule has 6 nitrogen and oxygen atoms in total. The van der Waals surface area contributed by atoms with Gasteiger partial charge in [-0.15, -0.1) is 13.2 Å². The SMILES string of the molecule is COc1ccc(OC(F)(F)F)cc1CNC1CCCN(C(=O)Cc2cccnc2)C1c1ccccc1. The van der Waals surface area contributed by atoms with Crippen molar-refractivity contribution >= 4 is 5.91 Å². The number of alkyl halides is 3. The van der Waals surface area contributed by atoms with Crippen molar-refractivity contribution in [1.29, 1.82) is 0 Å². The molecule has 2 heterocycles. The molecular weight excluding hydrogens is 471 g/mol. The molecule has 0 radical (unpaired) electrons. The zero-order valence-corrected chi connectivity index (χ0v) is 19.9. The van der Waals surface area contributed by atoms with Gasteiger partial charge in [0.2, 0.25) is 5.91 Å². The lowest BCUT2D eigenvalue weighted by molar-refractivity contribution is -0.274. The van der Waals surface area contributed by atoms with E-state index in [0.717, 1.165) is 24.0 Å². The monoisotopic (exact) mass is 499 g/mol. The lowest BCUT2D eigenvalue weighted by Gasteiger charge is -2.42. The molecule has 0 aliphatic carbocycles. The van der Waals surface area contributed by atoms with Crippen molar-refractivity contribution in [2.45, 2.75) is 44.3 Å². The van der Waals surface area contributed by atoms with Crippen LogP contribution in [0.2, 0.25) is 0 Å². The number of nitrogens with zero attached hydrogens (tertiary/aromatic N) is 2. The molecule has 36 heavy (non-hydrogen) atoms. The highest BCUT2D eigenvalue weighted by molar-refractivity contribution is 5.79. The van der Waals surface area contributed by atoms with Gasteiger partial charge in [0, 0.05) is 37.1 Å². The fraction of sp³-hybridized carbons (Fsp3) is 0.333.